The number of aryl methyl sites for hydroxylation is 1. The number of furan rings is 1. The molecule has 5 amide bonds. The molecule has 0 spiro atoms. The van der Waals surface area contributed by atoms with Gasteiger partial charge in [-0.05, 0) is 56.9 Å². The number of carbonyl (C=O) groups is 5. The summed E-state index contributed by atoms with van der Waals surface area (Å²) in [5, 5.41) is 8.63. The molecule has 5 N–H and O–H groups in total. The van der Waals surface area contributed by atoms with Gasteiger partial charge in [-0.2, -0.15) is 0 Å². The van der Waals surface area contributed by atoms with E-state index < -0.39 is 69.4 Å². The highest BCUT2D eigenvalue weighted by atomic mass is 32.2. The molecule has 45 heavy (non-hydrogen) atoms. The van der Waals surface area contributed by atoms with Crippen molar-refractivity contribution in [3.8, 4) is 0 Å². The third-order valence-electron chi connectivity index (χ3n) is 8.78. The molecule has 1 heterocycles. The first-order valence-electron chi connectivity index (χ1n) is 16.0. The number of carbonyl (C=O) groups excluding carboxylic acids is 5. The molecule has 4 atom stereocenters. The van der Waals surface area contributed by atoms with Gasteiger partial charge in [0.2, 0.25) is 17.6 Å². The highest BCUT2D eigenvalue weighted by Crippen LogP contribution is 2.34. The number of nitrogens with two attached hydrogens (primary N) is 1. The third-order valence-corrected chi connectivity index (χ3v) is 10.5. The van der Waals surface area contributed by atoms with Crippen LogP contribution in [0.15, 0.2) is 21.6 Å². The molecule has 2 aliphatic carbocycles. The van der Waals surface area contributed by atoms with Crippen LogP contribution in [0.3, 0.4) is 0 Å². The van der Waals surface area contributed by atoms with E-state index in [0.717, 1.165) is 32.1 Å². The SMILES string of the molecule is CCCN(C(=O)[C@@H](NC(=O)NC1(CS(=O)c2ccoc2C)CCCCC1)C(C)(C)C)[C@@H](C)C(=O)NC(CC1CC1)C(=O)C(N)=O. The van der Waals surface area contributed by atoms with E-state index in [1.54, 1.807) is 19.9 Å². The van der Waals surface area contributed by atoms with E-state index in [4.69, 9.17) is 10.2 Å². The number of nitrogens with zero attached hydrogens (tertiary/aromatic N) is 1. The number of hydrogen-bond acceptors (Lipinski definition) is 7. The largest absolute Gasteiger partial charge is 0.468 e. The summed E-state index contributed by atoms with van der Waals surface area (Å²) in [5.41, 5.74) is 3.78. The summed E-state index contributed by atoms with van der Waals surface area (Å²) in [7, 11) is -1.40. The van der Waals surface area contributed by atoms with Crippen molar-refractivity contribution in [3.05, 3.63) is 18.1 Å². The Morgan fingerprint density at radius 1 is 1.11 bits per heavy atom. The van der Waals surface area contributed by atoms with Crippen molar-refractivity contribution in [2.24, 2.45) is 17.1 Å². The molecule has 2 aliphatic rings. The van der Waals surface area contributed by atoms with E-state index in [0.29, 0.717) is 36.3 Å². The number of amides is 5. The van der Waals surface area contributed by atoms with Gasteiger partial charge in [-0.25, -0.2) is 4.79 Å². The van der Waals surface area contributed by atoms with E-state index >= 15 is 0 Å². The quantitative estimate of drug-likeness (QED) is 0.211. The van der Waals surface area contributed by atoms with Gasteiger partial charge < -0.3 is 31.0 Å². The molecule has 12 nitrogen and oxygen atoms in total. The maximum absolute atomic E-state index is 14.1. The summed E-state index contributed by atoms with van der Waals surface area (Å²) in [6.45, 7) is 10.9. The number of primary amides is 1. The molecule has 0 saturated heterocycles. The summed E-state index contributed by atoms with van der Waals surface area (Å²) in [4.78, 5) is 67.2. The zero-order valence-corrected chi connectivity index (χ0v) is 28.3. The minimum Gasteiger partial charge on any atom is -0.468 e. The average Bonchev–Trinajstić information content (AvgIpc) is 3.68. The van der Waals surface area contributed by atoms with Crippen LogP contribution in [-0.4, -0.2) is 74.6 Å². The van der Waals surface area contributed by atoms with Gasteiger partial charge in [-0.15, -0.1) is 0 Å². The van der Waals surface area contributed by atoms with E-state index in [-0.39, 0.29) is 18.2 Å². The monoisotopic (exact) mass is 649 g/mol. The third kappa shape index (κ3) is 9.88. The Morgan fingerprint density at radius 2 is 1.76 bits per heavy atom. The van der Waals surface area contributed by atoms with Gasteiger partial charge in [0, 0.05) is 6.54 Å². The van der Waals surface area contributed by atoms with Crippen LogP contribution in [0.5, 0.6) is 0 Å². The number of Topliss-reactive ketones (excluding diaryl/α,β-unsaturated/α-hetero) is 1. The van der Waals surface area contributed by atoms with E-state index in [2.05, 4.69) is 16.0 Å². The summed E-state index contributed by atoms with van der Waals surface area (Å²) in [5.74, 6) is -1.96. The summed E-state index contributed by atoms with van der Waals surface area (Å²) < 4.78 is 18.7. The molecular formula is C32H51N5O7S. The predicted molar refractivity (Wildman–Crippen MR) is 170 cm³/mol. The van der Waals surface area contributed by atoms with Gasteiger partial charge >= 0.3 is 6.03 Å². The molecule has 2 unspecified atom stereocenters. The molecule has 0 bridgehead atoms. The molecule has 0 aromatic carbocycles. The van der Waals surface area contributed by atoms with Crippen LogP contribution < -0.4 is 21.7 Å². The lowest BCUT2D eigenvalue weighted by Gasteiger charge is -2.40. The number of nitrogens with one attached hydrogen (secondary N) is 3. The van der Waals surface area contributed by atoms with E-state index in [1.165, 1.54) is 11.2 Å². The van der Waals surface area contributed by atoms with E-state index in [9.17, 15) is 28.2 Å². The van der Waals surface area contributed by atoms with Crippen LogP contribution in [0.25, 0.3) is 0 Å². The predicted octanol–water partition coefficient (Wildman–Crippen LogP) is 3.08. The number of hydrogen-bond donors (Lipinski definition) is 4. The highest BCUT2D eigenvalue weighted by Gasteiger charge is 2.42. The van der Waals surface area contributed by atoms with Crippen LogP contribution in [0, 0.1) is 18.3 Å². The molecular weight excluding hydrogens is 598 g/mol. The van der Waals surface area contributed by atoms with Crippen LogP contribution in [-0.2, 0) is 30.0 Å². The molecule has 13 heteroatoms. The molecule has 2 fully saturated rings. The second-order valence-corrected chi connectivity index (χ2v) is 15.2. The smallest absolute Gasteiger partial charge is 0.315 e. The Kier molecular flexibility index (Phi) is 12.4. The fourth-order valence-corrected chi connectivity index (χ4v) is 7.55. The van der Waals surface area contributed by atoms with Crippen molar-refractivity contribution in [1.29, 1.82) is 0 Å². The Labute approximate surface area is 268 Å². The Morgan fingerprint density at radius 3 is 2.27 bits per heavy atom. The molecule has 0 radical (unpaired) electrons. The fraction of sp³-hybridized carbons (Fsp3) is 0.719. The lowest BCUT2D eigenvalue weighted by molar-refractivity contribution is -0.144. The fourth-order valence-electron chi connectivity index (χ4n) is 5.95. The molecule has 2 saturated carbocycles. The maximum Gasteiger partial charge on any atom is 0.315 e. The maximum atomic E-state index is 14.1. The van der Waals surface area contributed by atoms with Gasteiger partial charge in [0.1, 0.15) is 17.8 Å². The molecule has 1 aromatic heterocycles. The zero-order valence-electron chi connectivity index (χ0n) is 27.5. The summed E-state index contributed by atoms with van der Waals surface area (Å²) in [6.07, 6.45) is 8.27. The molecule has 1 aromatic rings. The molecule has 3 rings (SSSR count). The number of urea groups is 1. The first-order chi connectivity index (χ1) is 21.1. The summed E-state index contributed by atoms with van der Waals surface area (Å²) in [6, 6.07) is -1.89. The van der Waals surface area contributed by atoms with Crippen LogP contribution >= 0.6 is 0 Å². The van der Waals surface area contributed by atoms with Gasteiger partial charge in [0.25, 0.3) is 5.91 Å². The van der Waals surface area contributed by atoms with Crippen LogP contribution in [0.4, 0.5) is 4.79 Å². The zero-order chi connectivity index (χ0) is 33.5. The average molecular weight is 650 g/mol. The van der Waals surface area contributed by atoms with Crippen LogP contribution in [0.1, 0.15) is 98.2 Å². The van der Waals surface area contributed by atoms with Crippen molar-refractivity contribution in [1.82, 2.24) is 20.9 Å². The topological polar surface area (TPSA) is 181 Å². The second kappa shape index (κ2) is 15.4. The minimum atomic E-state index is -1.40. The Bertz CT molecular complexity index is 1260. The van der Waals surface area contributed by atoms with Gasteiger partial charge in [-0.1, -0.05) is 59.8 Å². The van der Waals surface area contributed by atoms with Crippen molar-refractivity contribution in [2.75, 3.05) is 12.3 Å². The number of rotatable bonds is 15. The molecule has 252 valence electrons. The van der Waals surface area contributed by atoms with Crippen molar-refractivity contribution >= 4 is 40.3 Å². The highest BCUT2D eigenvalue weighted by molar-refractivity contribution is 7.85. The first kappa shape index (κ1) is 36.3. The van der Waals surface area contributed by atoms with Crippen LogP contribution in [0.2, 0.25) is 0 Å². The lowest BCUT2D eigenvalue weighted by atomic mass is 9.83. The molecule has 0 aliphatic heterocycles. The Hall–Kier alpha value is -3.22. The Balaban J connectivity index is 1.77. The minimum absolute atomic E-state index is 0.222. The standard InChI is InChI=1S/C32H51N5O7S/c1-7-16-37(20(2)28(40)34-23(18-22-11-12-22)25(38)27(33)39)29(41)26(31(4,5)6)35-30(42)36-32(14-9-8-10-15-32)19-45(43)24-13-17-44-21(24)3/h13,17,20,22-23,26H,7-12,14-16,18-19H2,1-6H3,(H2,33,39)(H,34,40)(H2,35,36,42)/t20-,23?,26+,45?/m0/s1. The van der Waals surface area contributed by atoms with Gasteiger partial charge in [0.15, 0.2) is 0 Å². The van der Waals surface area contributed by atoms with Crippen molar-refractivity contribution in [3.63, 3.8) is 0 Å². The van der Waals surface area contributed by atoms with E-state index in [1.807, 2.05) is 27.7 Å². The van der Waals surface area contributed by atoms with Crippen molar-refractivity contribution < 1.29 is 32.6 Å². The van der Waals surface area contributed by atoms with Crippen molar-refractivity contribution in [2.45, 2.75) is 128 Å². The summed E-state index contributed by atoms with van der Waals surface area (Å²) >= 11 is 0. The first-order valence-corrected chi connectivity index (χ1v) is 17.4. The van der Waals surface area contributed by atoms with Gasteiger partial charge in [0.05, 0.1) is 39.3 Å². The number of ketones is 1. The van der Waals surface area contributed by atoms with Gasteiger partial charge in [-0.3, -0.25) is 23.4 Å². The lowest BCUT2D eigenvalue weighted by Crippen LogP contribution is -2.63. The normalized spacial score (nSPS) is 19.0. The second-order valence-electron chi connectivity index (χ2n) is 13.7.